The van der Waals surface area contributed by atoms with Crippen LogP contribution in [0.2, 0.25) is 0 Å². The summed E-state index contributed by atoms with van der Waals surface area (Å²) in [5, 5.41) is 7.45. The maximum Gasteiger partial charge on any atom is 0.118 e. The predicted molar refractivity (Wildman–Crippen MR) is 123 cm³/mol. The Morgan fingerprint density at radius 1 is 0.786 bits per heavy atom. The molecule has 28 heavy (non-hydrogen) atoms. The fraction of sp³-hybridized carbons (Fsp3) is 0.0417. The number of nitrogens with zero attached hydrogens (tertiary/aromatic N) is 2. The van der Waals surface area contributed by atoms with Crippen molar-refractivity contribution >= 4 is 38.9 Å². The van der Waals surface area contributed by atoms with Crippen LogP contribution in [-0.2, 0) is 0 Å². The molecule has 136 valence electrons. The van der Waals surface area contributed by atoms with Crippen LogP contribution in [0.3, 0.4) is 0 Å². The van der Waals surface area contributed by atoms with Gasteiger partial charge in [-0.2, -0.15) is 5.10 Å². The minimum absolute atomic E-state index is 0.845. The lowest BCUT2D eigenvalue weighted by Crippen LogP contribution is -1.99. The number of fused-ring (bicyclic) bond motifs is 3. The highest BCUT2D eigenvalue weighted by Gasteiger charge is 2.17. The lowest BCUT2D eigenvalue weighted by atomic mass is 10.1. The molecule has 0 amide bonds. The molecule has 0 aliphatic heterocycles. The number of pyridine rings is 1. The van der Waals surface area contributed by atoms with Crippen LogP contribution in [0.5, 0.6) is 5.75 Å². The third-order valence-electron chi connectivity index (χ3n) is 5.00. The normalized spacial score (nSPS) is 11.2. The molecule has 0 spiro atoms. The number of halogens is 1. The number of aromatic nitrogens is 2. The van der Waals surface area contributed by atoms with E-state index in [1.54, 1.807) is 7.11 Å². The molecule has 0 radical (unpaired) electrons. The molecule has 5 rings (SSSR count). The molecule has 0 unspecified atom stereocenters. The molecule has 0 saturated heterocycles. The lowest BCUT2D eigenvalue weighted by molar-refractivity contribution is 0.415. The average molecular weight is 476 g/mol. The van der Waals surface area contributed by atoms with Gasteiger partial charge in [-0.15, -0.1) is 0 Å². The number of hydrogen-bond donors (Lipinski definition) is 0. The van der Waals surface area contributed by atoms with Crippen molar-refractivity contribution in [3.8, 4) is 28.3 Å². The smallest absolute Gasteiger partial charge is 0.118 e. The van der Waals surface area contributed by atoms with E-state index in [2.05, 4.69) is 93.8 Å². The van der Waals surface area contributed by atoms with Crippen LogP contribution in [0, 0.1) is 3.57 Å². The summed E-state index contributed by atoms with van der Waals surface area (Å²) in [4.78, 5) is 0. The number of methoxy groups -OCH3 is 1. The SMILES string of the molecule is COc1ccc(-c2cc3c4ccccc4c(I)c(-c4ccccc4)n3n2)cc1. The number of hydrogen-bond acceptors (Lipinski definition) is 2. The average Bonchev–Trinajstić information content (AvgIpc) is 3.20. The van der Waals surface area contributed by atoms with E-state index in [0.717, 1.165) is 33.8 Å². The zero-order chi connectivity index (χ0) is 19.1. The molecule has 0 aliphatic rings. The minimum atomic E-state index is 0.845. The summed E-state index contributed by atoms with van der Waals surface area (Å²) in [5.74, 6) is 0.845. The molecular weight excluding hydrogens is 459 g/mol. The van der Waals surface area contributed by atoms with Crippen LogP contribution < -0.4 is 4.74 Å². The van der Waals surface area contributed by atoms with Crippen LogP contribution in [0.25, 0.3) is 38.8 Å². The zero-order valence-electron chi connectivity index (χ0n) is 15.3. The highest BCUT2D eigenvalue weighted by atomic mass is 127. The van der Waals surface area contributed by atoms with E-state index in [1.807, 2.05) is 18.2 Å². The van der Waals surface area contributed by atoms with Crippen LogP contribution in [-0.4, -0.2) is 16.7 Å². The lowest BCUT2D eigenvalue weighted by Gasteiger charge is -2.12. The molecule has 0 N–H and O–H groups in total. The second-order valence-corrected chi connectivity index (χ2v) is 7.71. The van der Waals surface area contributed by atoms with E-state index < -0.39 is 0 Å². The van der Waals surface area contributed by atoms with E-state index >= 15 is 0 Å². The molecule has 0 aliphatic carbocycles. The van der Waals surface area contributed by atoms with Crippen molar-refractivity contribution in [1.82, 2.24) is 9.61 Å². The van der Waals surface area contributed by atoms with Gasteiger partial charge in [-0.25, -0.2) is 4.52 Å². The highest BCUT2D eigenvalue weighted by Crippen LogP contribution is 2.36. The first-order valence-corrected chi connectivity index (χ1v) is 10.1. The quantitative estimate of drug-likeness (QED) is 0.281. The van der Waals surface area contributed by atoms with Crippen molar-refractivity contribution in [3.05, 3.63) is 88.5 Å². The summed E-state index contributed by atoms with van der Waals surface area (Å²) in [6, 6.07) is 29.2. The predicted octanol–water partition coefficient (Wildman–Crippen LogP) is 6.43. The topological polar surface area (TPSA) is 26.5 Å². The van der Waals surface area contributed by atoms with Gasteiger partial charge in [0, 0.05) is 20.1 Å². The monoisotopic (exact) mass is 476 g/mol. The van der Waals surface area contributed by atoms with Crippen LogP contribution in [0.4, 0.5) is 0 Å². The summed E-state index contributed by atoms with van der Waals surface area (Å²) in [6.45, 7) is 0. The highest BCUT2D eigenvalue weighted by molar-refractivity contribution is 14.1. The third-order valence-corrected chi connectivity index (χ3v) is 6.09. The maximum atomic E-state index is 5.29. The van der Waals surface area contributed by atoms with Gasteiger partial charge in [-0.3, -0.25) is 0 Å². The Kier molecular flexibility index (Phi) is 4.28. The zero-order valence-corrected chi connectivity index (χ0v) is 17.4. The Balaban J connectivity index is 1.84. The summed E-state index contributed by atoms with van der Waals surface area (Å²) in [6.07, 6.45) is 0. The molecule has 3 nitrogen and oxygen atoms in total. The maximum absolute atomic E-state index is 5.29. The van der Waals surface area contributed by atoms with Crippen molar-refractivity contribution in [1.29, 1.82) is 0 Å². The Morgan fingerprint density at radius 2 is 1.46 bits per heavy atom. The fourth-order valence-electron chi connectivity index (χ4n) is 3.61. The second kappa shape index (κ2) is 6.95. The van der Waals surface area contributed by atoms with Gasteiger partial charge >= 0.3 is 0 Å². The van der Waals surface area contributed by atoms with Gasteiger partial charge < -0.3 is 4.74 Å². The van der Waals surface area contributed by atoms with E-state index in [9.17, 15) is 0 Å². The molecule has 3 aromatic carbocycles. The van der Waals surface area contributed by atoms with Gasteiger partial charge in [0.05, 0.1) is 24.0 Å². The van der Waals surface area contributed by atoms with Crippen molar-refractivity contribution in [3.63, 3.8) is 0 Å². The van der Waals surface area contributed by atoms with Crippen LogP contribution in [0.1, 0.15) is 0 Å². The van der Waals surface area contributed by atoms with Gasteiger partial charge in [-0.05, 0) is 58.3 Å². The Morgan fingerprint density at radius 3 is 2.18 bits per heavy atom. The van der Waals surface area contributed by atoms with E-state index in [-0.39, 0.29) is 0 Å². The van der Waals surface area contributed by atoms with Crippen LogP contribution in [0.15, 0.2) is 84.9 Å². The van der Waals surface area contributed by atoms with Gasteiger partial charge in [0.2, 0.25) is 0 Å². The molecule has 0 saturated carbocycles. The molecule has 0 atom stereocenters. The van der Waals surface area contributed by atoms with E-state index in [1.165, 1.54) is 14.3 Å². The summed E-state index contributed by atoms with van der Waals surface area (Å²) < 4.78 is 8.57. The molecule has 5 aromatic rings. The van der Waals surface area contributed by atoms with Gasteiger partial charge in [-0.1, -0.05) is 54.6 Å². The van der Waals surface area contributed by atoms with Crippen molar-refractivity contribution < 1.29 is 4.74 Å². The Labute approximate surface area is 176 Å². The first-order chi connectivity index (χ1) is 13.8. The molecular formula is C24H17IN2O. The van der Waals surface area contributed by atoms with Crippen molar-refractivity contribution in [2.45, 2.75) is 0 Å². The summed E-state index contributed by atoms with van der Waals surface area (Å²) >= 11 is 2.45. The second-order valence-electron chi connectivity index (χ2n) is 6.63. The van der Waals surface area contributed by atoms with Gasteiger partial charge in [0.1, 0.15) is 5.75 Å². The number of ether oxygens (including phenoxy) is 1. The Hall–Kier alpha value is -2.86. The van der Waals surface area contributed by atoms with Crippen LogP contribution >= 0.6 is 22.6 Å². The molecule has 2 aromatic heterocycles. The largest absolute Gasteiger partial charge is 0.497 e. The van der Waals surface area contributed by atoms with Gasteiger partial charge in [0.25, 0.3) is 0 Å². The molecule has 2 heterocycles. The van der Waals surface area contributed by atoms with Crippen molar-refractivity contribution in [2.24, 2.45) is 0 Å². The Bertz CT molecular complexity index is 1290. The third kappa shape index (κ3) is 2.76. The molecule has 0 fully saturated rings. The van der Waals surface area contributed by atoms with Crippen molar-refractivity contribution in [2.75, 3.05) is 7.11 Å². The van der Waals surface area contributed by atoms with Gasteiger partial charge in [0.15, 0.2) is 0 Å². The summed E-state index contributed by atoms with van der Waals surface area (Å²) in [5.41, 5.74) is 5.41. The number of benzene rings is 3. The first-order valence-electron chi connectivity index (χ1n) is 9.06. The first kappa shape index (κ1) is 17.3. The summed E-state index contributed by atoms with van der Waals surface area (Å²) in [7, 11) is 1.68. The molecule has 0 bridgehead atoms. The van der Waals surface area contributed by atoms with E-state index in [0.29, 0.717) is 0 Å². The number of rotatable bonds is 3. The standard InChI is InChI=1S/C24H17IN2O/c1-28-18-13-11-16(12-14-18)21-15-22-19-9-5-6-10-20(19)23(25)24(27(22)26-21)17-7-3-2-4-8-17/h2-15H,1H3. The molecule has 4 heteroatoms. The fourth-order valence-corrected chi connectivity index (χ4v) is 4.62. The van der Waals surface area contributed by atoms with E-state index in [4.69, 9.17) is 9.84 Å². The minimum Gasteiger partial charge on any atom is -0.497 e.